The van der Waals surface area contributed by atoms with E-state index in [0.717, 1.165) is 23.9 Å². The van der Waals surface area contributed by atoms with Gasteiger partial charge in [-0.05, 0) is 52.5 Å². The van der Waals surface area contributed by atoms with Crippen molar-refractivity contribution in [2.45, 2.75) is 19.4 Å². The first-order valence-electron chi connectivity index (χ1n) is 5.54. The fraction of sp³-hybridized carbons (Fsp3) is 0.308. The molecule has 0 spiro atoms. The first kappa shape index (κ1) is 12.7. The summed E-state index contributed by atoms with van der Waals surface area (Å²) < 4.78 is 6.77. The van der Waals surface area contributed by atoms with Gasteiger partial charge in [-0.1, -0.05) is 0 Å². The second-order valence-electron chi connectivity index (χ2n) is 3.74. The van der Waals surface area contributed by atoms with Crippen LogP contribution in [0.15, 0.2) is 40.4 Å². The van der Waals surface area contributed by atoms with Crippen molar-refractivity contribution in [2.75, 3.05) is 6.61 Å². The quantitative estimate of drug-likeness (QED) is 0.751. The van der Waals surface area contributed by atoms with Crippen LogP contribution >= 0.6 is 27.3 Å². The Morgan fingerprint density at radius 1 is 1.29 bits per heavy atom. The van der Waals surface area contributed by atoms with Gasteiger partial charge in [0.25, 0.3) is 0 Å². The average molecular weight is 312 g/mol. The van der Waals surface area contributed by atoms with Crippen molar-refractivity contribution in [1.82, 2.24) is 4.98 Å². The zero-order chi connectivity index (χ0) is 11.9. The van der Waals surface area contributed by atoms with Gasteiger partial charge in [-0.2, -0.15) is 0 Å². The van der Waals surface area contributed by atoms with E-state index in [-0.39, 0.29) is 0 Å². The summed E-state index contributed by atoms with van der Waals surface area (Å²) in [5.41, 5.74) is 1.32. The Morgan fingerprint density at radius 3 is 2.82 bits per heavy atom. The maximum Gasteiger partial charge on any atom is 0.0809 e. The molecule has 0 fully saturated rings. The Balaban J connectivity index is 1.61. The Morgan fingerprint density at radius 2 is 2.12 bits per heavy atom. The van der Waals surface area contributed by atoms with Crippen LogP contribution in [0.5, 0.6) is 0 Å². The van der Waals surface area contributed by atoms with Crippen molar-refractivity contribution in [3.63, 3.8) is 0 Å². The SMILES string of the molecule is Brc1csc(COCCCc2ccncc2)c1. The summed E-state index contributed by atoms with van der Waals surface area (Å²) in [6.07, 6.45) is 5.77. The zero-order valence-corrected chi connectivity index (χ0v) is 11.8. The summed E-state index contributed by atoms with van der Waals surface area (Å²) >= 11 is 5.16. The second kappa shape index (κ2) is 6.89. The lowest BCUT2D eigenvalue weighted by molar-refractivity contribution is 0.121. The number of aromatic nitrogens is 1. The highest BCUT2D eigenvalue weighted by molar-refractivity contribution is 9.10. The summed E-state index contributed by atoms with van der Waals surface area (Å²) in [7, 11) is 0. The van der Waals surface area contributed by atoms with Crippen molar-refractivity contribution in [3.8, 4) is 0 Å². The molecule has 2 nitrogen and oxygen atoms in total. The van der Waals surface area contributed by atoms with E-state index in [2.05, 4.69) is 44.5 Å². The van der Waals surface area contributed by atoms with Crippen molar-refractivity contribution < 1.29 is 4.74 Å². The Kier molecular flexibility index (Phi) is 5.16. The van der Waals surface area contributed by atoms with Crippen LogP contribution in [0.4, 0.5) is 0 Å². The molecule has 17 heavy (non-hydrogen) atoms. The number of hydrogen-bond donors (Lipinski definition) is 0. The van der Waals surface area contributed by atoms with E-state index >= 15 is 0 Å². The molecule has 0 saturated carbocycles. The fourth-order valence-corrected chi connectivity index (χ4v) is 2.92. The Labute approximate surface area is 114 Å². The number of hydrogen-bond acceptors (Lipinski definition) is 3. The molecule has 2 aromatic rings. The first-order chi connectivity index (χ1) is 8.34. The third kappa shape index (κ3) is 4.58. The Hall–Kier alpha value is -0.710. The molecule has 2 aromatic heterocycles. The number of nitrogens with zero attached hydrogens (tertiary/aromatic N) is 1. The fourth-order valence-electron chi connectivity index (χ4n) is 1.53. The van der Waals surface area contributed by atoms with Crippen LogP contribution in [0.2, 0.25) is 0 Å². The Bertz CT molecular complexity index is 444. The minimum atomic E-state index is 0.715. The van der Waals surface area contributed by atoms with Crippen molar-refractivity contribution in [1.29, 1.82) is 0 Å². The van der Waals surface area contributed by atoms with E-state index in [1.54, 1.807) is 11.3 Å². The molecule has 90 valence electrons. The van der Waals surface area contributed by atoms with Gasteiger partial charge in [0.05, 0.1) is 6.61 Å². The van der Waals surface area contributed by atoms with Gasteiger partial charge in [0, 0.05) is 33.7 Å². The highest BCUT2D eigenvalue weighted by Crippen LogP contribution is 2.20. The van der Waals surface area contributed by atoms with E-state index < -0.39 is 0 Å². The van der Waals surface area contributed by atoms with E-state index in [1.807, 2.05) is 12.4 Å². The lowest BCUT2D eigenvalue weighted by Crippen LogP contribution is -1.96. The van der Waals surface area contributed by atoms with Crippen molar-refractivity contribution in [3.05, 3.63) is 50.9 Å². The summed E-state index contributed by atoms with van der Waals surface area (Å²) in [5.74, 6) is 0. The number of halogens is 1. The first-order valence-corrected chi connectivity index (χ1v) is 7.21. The number of aryl methyl sites for hydroxylation is 1. The summed E-state index contributed by atoms with van der Waals surface area (Å²) in [6, 6.07) is 6.21. The molecule has 0 bridgehead atoms. The molecular formula is C13H14BrNOS. The molecule has 0 atom stereocenters. The number of ether oxygens (including phenoxy) is 1. The molecule has 4 heteroatoms. The number of pyridine rings is 1. The summed E-state index contributed by atoms with van der Waals surface area (Å²) in [6.45, 7) is 1.52. The zero-order valence-electron chi connectivity index (χ0n) is 9.43. The third-order valence-corrected chi connectivity index (χ3v) is 4.04. The lowest BCUT2D eigenvalue weighted by Gasteiger charge is -2.02. The van der Waals surface area contributed by atoms with Gasteiger partial charge in [-0.25, -0.2) is 0 Å². The maximum absolute atomic E-state index is 5.63. The second-order valence-corrected chi connectivity index (χ2v) is 5.65. The van der Waals surface area contributed by atoms with Crippen molar-refractivity contribution >= 4 is 27.3 Å². The molecule has 0 aromatic carbocycles. The lowest BCUT2D eigenvalue weighted by atomic mass is 10.1. The average Bonchev–Trinajstić information content (AvgIpc) is 2.76. The number of thiophene rings is 1. The van der Waals surface area contributed by atoms with E-state index in [1.165, 1.54) is 10.4 Å². The van der Waals surface area contributed by atoms with Gasteiger partial charge < -0.3 is 4.74 Å². The smallest absolute Gasteiger partial charge is 0.0809 e. The standard InChI is InChI=1S/C13H14BrNOS/c14-12-8-13(17-10-12)9-16-7-1-2-11-3-5-15-6-4-11/h3-6,8,10H,1-2,7,9H2. The molecule has 0 amide bonds. The van der Waals surface area contributed by atoms with Crippen LogP contribution in [-0.4, -0.2) is 11.6 Å². The molecule has 2 heterocycles. The van der Waals surface area contributed by atoms with Gasteiger partial charge >= 0.3 is 0 Å². The van der Waals surface area contributed by atoms with Gasteiger partial charge in [0.2, 0.25) is 0 Å². The molecular weight excluding hydrogens is 298 g/mol. The number of rotatable bonds is 6. The minimum Gasteiger partial charge on any atom is -0.376 e. The van der Waals surface area contributed by atoms with Crippen LogP contribution in [0.3, 0.4) is 0 Å². The molecule has 0 aliphatic rings. The van der Waals surface area contributed by atoms with Gasteiger partial charge in [0.1, 0.15) is 0 Å². The predicted octanol–water partition coefficient (Wildman–Crippen LogP) is 4.06. The normalized spacial score (nSPS) is 10.6. The topological polar surface area (TPSA) is 22.1 Å². The molecule has 0 saturated heterocycles. The predicted molar refractivity (Wildman–Crippen MR) is 74.2 cm³/mol. The highest BCUT2D eigenvalue weighted by atomic mass is 79.9. The van der Waals surface area contributed by atoms with Crippen LogP contribution in [-0.2, 0) is 17.8 Å². The van der Waals surface area contributed by atoms with Crippen LogP contribution in [0, 0.1) is 0 Å². The highest BCUT2D eigenvalue weighted by Gasteiger charge is 1.98. The maximum atomic E-state index is 5.63. The van der Waals surface area contributed by atoms with Gasteiger partial charge in [0.15, 0.2) is 0 Å². The molecule has 0 radical (unpaired) electrons. The minimum absolute atomic E-state index is 0.715. The monoisotopic (exact) mass is 311 g/mol. The molecule has 0 aliphatic heterocycles. The van der Waals surface area contributed by atoms with Gasteiger partial charge in [-0.3, -0.25) is 4.98 Å². The molecule has 2 rings (SSSR count). The van der Waals surface area contributed by atoms with E-state index in [4.69, 9.17) is 4.74 Å². The van der Waals surface area contributed by atoms with Crippen LogP contribution < -0.4 is 0 Å². The van der Waals surface area contributed by atoms with E-state index in [9.17, 15) is 0 Å². The molecule has 0 N–H and O–H groups in total. The molecule has 0 aliphatic carbocycles. The van der Waals surface area contributed by atoms with Crippen LogP contribution in [0.1, 0.15) is 16.9 Å². The summed E-state index contributed by atoms with van der Waals surface area (Å²) in [4.78, 5) is 5.26. The van der Waals surface area contributed by atoms with Gasteiger partial charge in [-0.15, -0.1) is 11.3 Å². The van der Waals surface area contributed by atoms with Crippen LogP contribution in [0.25, 0.3) is 0 Å². The largest absolute Gasteiger partial charge is 0.376 e. The third-order valence-electron chi connectivity index (χ3n) is 2.37. The molecule has 0 unspecified atom stereocenters. The van der Waals surface area contributed by atoms with Crippen molar-refractivity contribution in [2.24, 2.45) is 0 Å². The summed E-state index contributed by atoms with van der Waals surface area (Å²) in [5, 5.41) is 2.08. The van der Waals surface area contributed by atoms with E-state index in [0.29, 0.717) is 6.61 Å².